The maximum Gasteiger partial charge on any atom is 0.266 e. The number of carbonyl (C=O) groups excluding carboxylic acids is 1. The van der Waals surface area contributed by atoms with Gasteiger partial charge in [-0.25, -0.2) is 4.98 Å². The lowest BCUT2D eigenvalue weighted by Gasteiger charge is -2.13. The predicted molar refractivity (Wildman–Crippen MR) is 122 cm³/mol. The molecule has 0 aliphatic carbocycles. The standard InChI is InChI=1S/C24H23N3O2S/c1-15-9-11-18(12-10-15)27-23(29)19-7-5-6-8-21(19)25-24(27)30-14-22(28)20-13-16(2)26(4)17(20)3/h5-13H,14H2,1-4H3. The molecule has 0 aliphatic heterocycles. The highest BCUT2D eigenvalue weighted by Gasteiger charge is 2.18. The lowest BCUT2D eigenvalue weighted by Crippen LogP contribution is -2.22. The van der Waals surface area contributed by atoms with E-state index in [0.29, 0.717) is 21.6 Å². The number of benzene rings is 2. The van der Waals surface area contributed by atoms with Crippen molar-refractivity contribution < 1.29 is 4.79 Å². The third-order valence-corrected chi connectivity index (χ3v) is 6.38. The Morgan fingerprint density at radius 2 is 1.73 bits per heavy atom. The third kappa shape index (κ3) is 3.59. The lowest BCUT2D eigenvalue weighted by atomic mass is 10.2. The second-order valence-corrected chi connectivity index (χ2v) is 8.39. The molecule has 0 bridgehead atoms. The van der Waals surface area contributed by atoms with Gasteiger partial charge in [-0.2, -0.15) is 0 Å². The smallest absolute Gasteiger partial charge is 0.266 e. The van der Waals surface area contributed by atoms with Crippen LogP contribution in [-0.2, 0) is 7.05 Å². The molecule has 2 aromatic carbocycles. The summed E-state index contributed by atoms with van der Waals surface area (Å²) < 4.78 is 3.61. The van der Waals surface area contributed by atoms with Gasteiger partial charge in [0.2, 0.25) is 0 Å². The van der Waals surface area contributed by atoms with Gasteiger partial charge in [-0.1, -0.05) is 41.6 Å². The second kappa shape index (κ2) is 7.95. The van der Waals surface area contributed by atoms with Gasteiger partial charge in [0.25, 0.3) is 5.56 Å². The number of rotatable bonds is 5. The van der Waals surface area contributed by atoms with E-state index in [4.69, 9.17) is 4.98 Å². The molecule has 0 amide bonds. The molecule has 0 aliphatic rings. The summed E-state index contributed by atoms with van der Waals surface area (Å²) >= 11 is 1.29. The topological polar surface area (TPSA) is 56.9 Å². The summed E-state index contributed by atoms with van der Waals surface area (Å²) in [5.74, 6) is 0.236. The number of fused-ring (bicyclic) bond motifs is 1. The summed E-state index contributed by atoms with van der Waals surface area (Å²) in [4.78, 5) is 30.9. The molecule has 2 aromatic heterocycles. The van der Waals surface area contributed by atoms with Gasteiger partial charge in [0.1, 0.15) is 0 Å². The first kappa shape index (κ1) is 20.2. The molecule has 4 aromatic rings. The van der Waals surface area contributed by atoms with Crippen molar-refractivity contribution in [1.29, 1.82) is 0 Å². The zero-order chi connectivity index (χ0) is 21.4. The maximum absolute atomic E-state index is 13.3. The van der Waals surface area contributed by atoms with E-state index in [9.17, 15) is 9.59 Å². The van der Waals surface area contributed by atoms with Crippen molar-refractivity contribution in [2.45, 2.75) is 25.9 Å². The highest BCUT2D eigenvalue weighted by Crippen LogP contribution is 2.24. The van der Waals surface area contributed by atoms with Crippen LogP contribution in [0.25, 0.3) is 16.6 Å². The SMILES string of the molecule is Cc1ccc(-n2c(SCC(=O)c3cc(C)n(C)c3C)nc3ccccc3c2=O)cc1. The van der Waals surface area contributed by atoms with Crippen LogP contribution < -0.4 is 5.56 Å². The normalized spacial score (nSPS) is 11.2. The number of hydrogen-bond donors (Lipinski definition) is 0. The zero-order valence-corrected chi connectivity index (χ0v) is 18.3. The molecular formula is C24H23N3O2S. The fraction of sp³-hybridized carbons (Fsp3) is 0.208. The van der Waals surface area contributed by atoms with Crippen molar-refractivity contribution in [1.82, 2.24) is 14.1 Å². The van der Waals surface area contributed by atoms with Crippen molar-refractivity contribution in [2.75, 3.05) is 5.75 Å². The van der Waals surface area contributed by atoms with E-state index < -0.39 is 0 Å². The number of thioether (sulfide) groups is 1. The van der Waals surface area contributed by atoms with Gasteiger partial charge < -0.3 is 4.57 Å². The first-order valence-electron chi connectivity index (χ1n) is 9.74. The Labute approximate surface area is 179 Å². The Bertz CT molecular complexity index is 1320. The number of ketones is 1. The van der Waals surface area contributed by atoms with Gasteiger partial charge >= 0.3 is 0 Å². The predicted octanol–water partition coefficient (Wildman–Crippen LogP) is 4.62. The molecular weight excluding hydrogens is 394 g/mol. The average Bonchev–Trinajstić information content (AvgIpc) is 3.00. The summed E-state index contributed by atoms with van der Waals surface area (Å²) in [6.45, 7) is 5.93. The van der Waals surface area contributed by atoms with Gasteiger partial charge in [0, 0.05) is 24.0 Å². The minimum absolute atomic E-state index is 0.0269. The molecule has 0 unspecified atom stereocenters. The van der Waals surface area contributed by atoms with E-state index in [1.54, 1.807) is 10.6 Å². The highest BCUT2D eigenvalue weighted by molar-refractivity contribution is 7.99. The average molecular weight is 418 g/mol. The van der Waals surface area contributed by atoms with Crippen LogP contribution in [0.2, 0.25) is 0 Å². The monoisotopic (exact) mass is 417 g/mol. The number of Topliss-reactive ketones (excluding diaryl/α,β-unsaturated/α-hetero) is 1. The summed E-state index contributed by atoms with van der Waals surface area (Å²) in [7, 11) is 1.95. The van der Waals surface area contributed by atoms with E-state index in [-0.39, 0.29) is 17.1 Å². The molecule has 0 spiro atoms. The van der Waals surface area contributed by atoms with Crippen LogP contribution in [0.3, 0.4) is 0 Å². The molecule has 0 saturated carbocycles. The van der Waals surface area contributed by atoms with Gasteiger partial charge in [0.15, 0.2) is 10.9 Å². The van der Waals surface area contributed by atoms with Crippen molar-refractivity contribution >= 4 is 28.4 Å². The van der Waals surface area contributed by atoms with Crippen molar-refractivity contribution in [2.24, 2.45) is 7.05 Å². The van der Waals surface area contributed by atoms with E-state index in [1.165, 1.54) is 11.8 Å². The Hall–Kier alpha value is -3.12. The van der Waals surface area contributed by atoms with Gasteiger partial charge in [-0.3, -0.25) is 14.2 Å². The summed E-state index contributed by atoms with van der Waals surface area (Å²) in [6.07, 6.45) is 0. The molecule has 5 nitrogen and oxygen atoms in total. The second-order valence-electron chi connectivity index (χ2n) is 7.44. The summed E-state index contributed by atoms with van der Waals surface area (Å²) in [5, 5.41) is 1.07. The number of nitrogens with zero attached hydrogens (tertiary/aromatic N) is 3. The molecule has 0 N–H and O–H groups in total. The number of aryl methyl sites for hydroxylation is 2. The maximum atomic E-state index is 13.3. The molecule has 6 heteroatoms. The van der Waals surface area contributed by atoms with Gasteiger partial charge in [-0.05, 0) is 51.1 Å². The quantitative estimate of drug-likeness (QED) is 0.270. The molecule has 4 rings (SSSR count). The van der Waals surface area contributed by atoms with Gasteiger partial charge in [0.05, 0.1) is 22.3 Å². The fourth-order valence-electron chi connectivity index (χ4n) is 3.48. The molecule has 2 heterocycles. The van der Waals surface area contributed by atoms with Crippen LogP contribution >= 0.6 is 11.8 Å². The molecule has 0 saturated heterocycles. The fourth-order valence-corrected chi connectivity index (χ4v) is 4.37. The van der Waals surface area contributed by atoms with Crippen LogP contribution in [0.15, 0.2) is 64.5 Å². The lowest BCUT2D eigenvalue weighted by molar-refractivity contribution is 0.102. The summed E-state index contributed by atoms with van der Waals surface area (Å²) in [6, 6.07) is 17.0. The summed E-state index contributed by atoms with van der Waals surface area (Å²) in [5.41, 5.74) is 5.05. The molecule has 30 heavy (non-hydrogen) atoms. The first-order valence-corrected chi connectivity index (χ1v) is 10.7. The van der Waals surface area contributed by atoms with Crippen LogP contribution in [0.5, 0.6) is 0 Å². The van der Waals surface area contributed by atoms with Gasteiger partial charge in [-0.15, -0.1) is 0 Å². The van der Waals surface area contributed by atoms with Crippen molar-refractivity contribution in [3.8, 4) is 5.69 Å². The minimum Gasteiger partial charge on any atom is -0.351 e. The highest BCUT2D eigenvalue weighted by atomic mass is 32.2. The van der Waals surface area contributed by atoms with Crippen LogP contribution in [-0.4, -0.2) is 25.7 Å². The van der Waals surface area contributed by atoms with Crippen LogP contribution in [0, 0.1) is 20.8 Å². The Kier molecular flexibility index (Phi) is 5.35. The Morgan fingerprint density at radius 3 is 2.40 bits per heavy atom. The number of para-hydroxylation sites is 1. The van der Waals surface area contributed by atoms with E-state index >= 15 is 0 Å². The third-order valence-electron chi connectivity index (χ3n) is 5.45. The molecule has 0 fully saturated rings. The number of hydrogen-bond acceptors (Lipinski definition) is 4. The van der Waals surface area contributed by atoms with E-state index in [2.05, 4.69) is 0 Å². The number of aromatic nitrogens is 3. The minimum atomic E-state index is -0.133. The van der Waals surface area contributed by atoms with Crippen molar-refractivity contribution in [3.63, 3.8) is 0 Å². The number of carbonyl (C=O) groups is 1. The van der Waals surface area contributed by atoms with Crippen LogP contribution in [0.4, 0.5) is 0 Å². The van der Waals surface area contributed by atoms with Crippen molar-refractivity contribution in [3.05, 3.63) is 87.5 Å². The Balaban J connectivity index is 1.76. The van der Waals surface area contributed by atoms with E-state index in [0.717, 1.165) is 22.6 Å². The molecule has 0 radical (unpaired) electrons. The first-order chi connectivity index (χ1) is 14.4. The Morgan fingerprint density at radius 1 is 1.03 bits per heavy atom. The van der Waals surface area contributed by atoms with Crippen LogP contribution in [0.1, 0.15) is 27.3 Å². The molecule has 152 valence electrons. The largest absolute Gasteiger partial charge is 0.351 e. The zero-order valence-electron chi connectivity index (χ0n) is 17.5. The molecule has 0 atom stereocenters. The van der Waals surface area contributed by atoms with E-state index in [1.807, 2.05) is 80.9 Å².